The van der Waals surface area contributed by atoms with Gasteiger partial charge < -0.3 is 14.5 Å². The maximum atomic E-state index is 16.9. The van der Waals surface area contributed by atoms with E-state index in [1.165, 1.54) is 0 Å². The molecule has 0 saturated heterocycles. The first-order valence-corrected chi connectivity index (χ1v) is 28.3. The van der Waals surface area contributed by atoms with Crippen molar-refractivity contribution < 1.29 is 28.1 Å². The van der Waals surface area contributed by atoms with E-state index >= 15 is 22.0 Å². The van der Waals surface area contributed by atoms with Gasteiger partial charge in [-0.25, -0.2) is 26.9 Å². The molecule has 0 radical (unpaired) electrons. The SMILES string of the molecule is [2H]C(C)(C)c1ccccc1-c1cc(Oc2ccc3c4ccccc4n(-c4cc(C(C)(C)C)ccn4)c3c2)cc(N2CN(c3c(-c4cc(C(C)(C)C)cc(C(C)(C)C)c4)cc(C(C)(C)C)cc3-c3c(F)c(F)c(F)c(F)c3F)c3ccccc32)c1. The Labute approximate surface area is 486 Å². The lowest BCUT2D eigenvalue weighted by atomic mass is 9.77. The highest BCUT2D eigenvalue weighted by Crippen LogP contribution is 2.54. The van der Waals surface area contributed by atoms with Crippen molar-refractivity contribution in [2.24, 2.45) is 0 Å². The van der Waals surface area contributed by atoms with Crippen molar-refractivity contribution in [1.82, 2.24) is 9.55 Å². The Hall–Kier alpha value is -8.24. The maximum absolute atomic E-state index is 16.9. The molecular formula is C73H71F5N4O. The number of para-hydroxylation sites is 3. The molecule has 2 aromatic heterocycles. The van der Waals surface area contributed by atoms with Crippen LogP contribution in [0.3, 0.4) is 0 Å². The zero-order valence-electron chi connectivity index (χ0n) is 50.8. The molecule has 0 unspecified atom stereocenters. The third-order valence-electron chi connectivity index (χ3n) is 16.1. The summed E-state index contributed by atoms with van der Waals surface area (Å²) in [6.45, 7) is 28.9. The number of aromatic nitrogens is 2. The number of nitrogens with zero attached hydrogens (tertiary/aromatic N) is 4. The first-order chi connectivity index (χ1) is 39.4. The normalized spacial score (nSPS) is 13.6. The standard InChI is InChI=1S/C73H71F5N4O/c1-42(2)52-21-15-16-22-53(52)44-33-49(39-51(34-44)83-50-27-28-55-54-23-17-18-24-58(54)82(61(55)40-50)62-38-45(29-30-79-62)70(3,4)5)80-41-81(60-26-20-19-25-59(60)80)69-56(43-31-46(71(6,7)8)35-47(32-43)72(9,10)11)36-48(73(12,13)14)37-57(69)63-64(74)66(76)68(78)67(77)65(63)75/h15-40,42H,41H2,1-14H3/i42D. The van der Waals surface area contributed by atoms with Crippen molar-refractivity contribution >= 4 is 44.6 Å². The summed E-state index contributed by atoms with van der Waals surface area (Å²) in [6, 6.07) is 49.9. The molecule has 83 heavy (non-hydrogen) atoms. The molecule has 0 fully saturated rings. The van der Waals surface area contributed by atoms with E-state index in [9.17, 15) is 1.37 Å². The molecule has 11 rings (SSSR count). The molecule has 0 aliphatic carbocycles. The molecule has 1 aliphatic rings. The minimum Gasteiger partial charge on any atom is -0.457 e. The van der Waals surface area contributed by atoms with Crippen LogP contribution in [-0.4, -0.2) is 16.2 Å². The molecule has 3 heterocycles. The van der Waals surface area contributed by atoms with Crippen molar-refractivity contribution in [2.75, 3.05) is 16.5 Å². The van der Waals surface area contributed by atoms with Gasteiger partial charge in [-0.15, -0.1) is 0 Å². The lowest BCUT2D eigenvalue weighted by Gasteiger charge is -2.32. The molecule has 424 valence electrons. The van der Waals surface area contributed by atoms with Crippen molar-refractivity contribution in [2.45, 2.75) is 124 Å². The lowest BCUT2D eigenvalue weighted by Crippen LogP contribution is -2.26. The molecule has 0 saturated carbocycles. The van der Waals surface area contributed by atoms with Crippen molar-refractivity contribution in [3.8, 4) is 50.7 Å². The second-order valence-corrected chi connectivity index (χ2v) is 26.4. The van der Waals surface area contributed by atoms with Crippen molar-refractivity contribution in [1.29, 1.82) is 0 Å². The van der Waals surface area contributed by atoms with Crippen LogP contribution in [-0.2, 0) is 21.7 Å². The van der Waals surface area contributed by atoms with E-state index in [1.807, 2.05) is 143 Å². The van der Waals surface area contributed by atoms with Gasteiger partial charge in [-0.05, 0) is 139 Å². The zero-order chi connectivity index (χ0) is 60.3. The Morgan fingerprint density at radius 1 is 0.470 bits per heavy atom. The van der Waals surface area contributed by atoms with Gasteiger partial charge in [0.15, 0.2) is 23.3 Å². The molecule has 0 spiro atoms. The Morgan fingerprint density at radius 2 is 1.01 bits per heavy atom. The highest BCUT2D eigenvalue weighted by molar-refractivity contribution is 6.09. The van der Waals surface area contributed by atoms with Crippen molar-refractivity contribution in [3.63, 3.8) is 0 Å². The van der Waals surface area contributed by atoms with Crippen molar-refractivity contribution in [3.05, 3.63) is 215 Å². The zero-order valence-corrected chi connectivity index (χ0v) is 49.8. The van der Waals surface area contributed by atoms with Crippen LogP contribution in [0.25, 0.3) is 61.0 Å². The molecule has 1 aliphatic heterocycles. The summed E-state index contributed by atoms with van der Waals surface area (Å²) in [7, 11) is 0. The van der Waals surface area contributed by atoms with Crippen LogP contribution in [0.5, 0.6) is 11.5 Å². The van der Waals surface area contributed by atoms with Crippen LogP contribution in [0.15, 0.2) is 158 Å². The number of halogens is 5. The molecule has 0 atom stereocenters. The number of fused-ring (bicyclic) bond motifs is 4. The third kappa shape index (κ3) is 10.3. The van der Waals surface area contributed by atoms with E-state index in [4.69, 9.17) is 9.72 Å². The van der Waals surface area contributed by atoms with Crippen LogP contribution in [0.1, 0.15) is 132 Å². The molecule has 8 aromatic carbocycles. The van der Waals surface area contributed by atoms with Crippen LogP contribution >= 0.6 is 0 Å². The first kappa shape index (κ1) is 55.3. The molecule has 10 heteroatoms. The van der Waals surface area contributed by atoms with Gasteiger partial charge in [0, 0.05) is 47.3 Å². The summed E-state index contributed by atoms with van der Waals surface area (Å²) in [5.41, 5.74) is 8.90. The number of hydrogen-bond acceptors (Lipinski definition) is 4. The summed E-state index contributed by atoms with van der Waals surface area (Å²) >= 11 is 0. The Balaban J connectivity index is 1.15. The van der Waals surface area contributed by atoms with Gasteiger partial charge in [0.25, 0.3) is 0 Å². The summed E-state index contributed by atoms with van der Waals surface area (Å²) in [6.07, 6.45) is 1.85. The van der Waals surface area contributed by atoms with Crippen LogP contribution in [0.4, 0.5) is 44.7 Å². The summed E-state index contributed by atoms with van der Waals surface area (Å²) in [4.78, 5) is 8.90. The number of ether oxygens (including phenoxy) is 1. The molecule has 0 bridgehead atoms. The molecule has 0 N–H and O–H groups in total. The average Bonchev–Trinajstić information content (AvgIpc) is 1.72. The second kappa shape index (κ2) is 20.6. The smallest absolute Gasteiger partial charge is 0.200 e. The predicted molar refractivity (Wildman–Crippen MR) is 332 cm³/mol. The van der Waals surface area contributed by atoms with Gasteiger partial charge in [-0.3, -0.25) is 4.57 Å². The van der Waals surface area contributed by atoms with Gasteiger partial charge in [-0.1, -0.05) is 170 Å². The fraction of sp³-hybridized carbons (Fsp3) is 0.274. The minimum absolute atomic E-state index is 0.0237. The molecule has 5 nitrogen and oxygen atoms in total. The topological polar surface area (TPSA) is 33.5 Å². The van der Waals surface area contributed by atoms with E-state index in [-0.39, 0.29) is 34.2 Å². The van der Waals surface area contributed by atoms with Crippen LogP contribution in [0.2, 0.25) is 0 Å². The minimum atomic E-state index is -2.23. The molecule has 0 amide bonds. The number of anilines is 4. The fourth-order valence-electron chi connectivity index (χ4n) is 11.4. The van der Waals surface area contributed by atoms with Crippen LogP contribution in [0, 0.1) is 29.1 Å². The van der Waals surface area contributed by atoms with Crippen LogP contribution < -0.4 is 14.5 Å². The predicted octanol–water partition coefficient (Wildman–Crippen LogP) is 21.2. The van der Waals surface area contributed by atoms with E-state index in [2.05, 4.69) is 120 Å². The van der Waals surface area contributed by atoms with E-state index < -0.39 is 46.0 Å². The fourth-order valence-corrected chi connectivity index (χ4v) is 11.4. The van der Waals surface area contributed by atoms with Gasteiger partial charge >= 0.3 is 0 Å². The van der Waals surface area contributed by atoms with E-state index in [1.54, 1.807) is 6.07 Å². The largest absolute Gasteiger partial charge is 0.457 e. The lowest BCUT2D eigenvalue weighted by molar-refractivity contribution is 0.381. The Bertz CT molecular complexity index is 4200. The number of rotatable bonds is 9. The highest BCUT2D eigenvalue weighted by atomic mass is 19.2. The third-order valence-corrected chi connectivity index (χ3v) is 16.1. The Morgan fingerprint density at radius 3 is 1.65 bits per heavy atom. The van der Waals surface area contributed by atoms with Gasteiger partial charge in [0.05, 0.1) is 33.7 Å². The number of pyridine rings is 1. The summed E-state index contributed by atoms with van der Waals surface area (Å²) in [5, 5.41) is 2.09. The van der Waals surface area contributed by atoms with Gasteiger partial charge in [-0.2, -0.15) is 0 Å². The molecular weight excluding hydrogens is 1040 g/mol. The number of benzene rings is 8. The van der Waals surface area contributed by atoms with E-state index in [0.29, 0.717) is 39.7 Å². The first-order valence-electron chi connectivity index (χ1n) is 28.8. The van der Waals surface area contributed by atoms with Gasteiger partial charge in [0.1, 0.15) is 24.0 Å². The maximum Gasteiger partial charge on any atom is 0.200 e. The average molecular weight is 1120 g/mol. The molecule has 10 aromatic rings. The summed E-state index contributed by atoms with van der Waals surface area (Å²) < 4.78 is 99.0. The monoisotopic (exact) mass is 1120 g/mol. The van der Waals surface area contributed by atoms with E-state index in [0.717, 1.165) is 66.6 Å². The summed E-state index contributed by atoms with van der Waals surface area (Å²) in [5.74, 6) is -9.33. The Kier molecular flexibility index (Phi) is 13.7. The second-order valence-electron chi connectivity index (χ2n) is 26.4. The number of hydrogen-bond donors (Lipinski definition) is 0. The quantitative estimate of drug-likeness (QED) is 0.0819. The van der Waals surface area contributed by atoms with Gasteiger partial charge in [0.2, 0.25) is 5.82 Å². The highest BCUT2D eigenvalue weighted by Gasteiger charge is 2.37.